The molecule has 2 amide bonds. The first-order chi connectivity index (χ1) is 10.0. The van der Waals surface area contributed by atoms with E-state index in [1.54, 1.807) is 6.07 Å². The number of rotatable bonds is 6. The molecule has 2 rings (SSSR count). The molecule has 0 saturated heterocycles. The number of aromatic amines is 1. The number of halogens is 2. The first kappa shape index (κ1) is 16.1. The lowest BCUT2D eigenvalue weighted by molar-refractivity contribution is -0.120. The summed E-state index contributed by atoms with van der Waals surface area (Å²) in [5.41, 5.74) is 0.933. The van der Waals surface area contributed by atoms with E-state index in [2.05, 4.69) is 15.6 Å². The molecule has 2 heterocycles. The highest BCUT2D eigenvalue weighted by molar-refractivity contribution is 7.23. The van der Waals surface area contributed by atoms with E-state index in [1.165, 1.54) is 11.3 Å². The molecule has 6 nitrogen and oxygen atoms in total. The van der Waals surface area contributed by atoms with Crippen LogP contribution in [0.3, 0.4) is 0 Å². The van der Waals surface area contributed by atoms with Crippen molar-refractivity contribution < 1.29 is 14.7 Å². The number of aliphatic hydroxyl groups is 1. The van der Waals surface area contributed by atoms with Gasteiger partial charge in [-0.1, -0.05) is 23.2 Å². The number of aromatic nitrogens is 1. The molecule has 0 spiro atoms. The van der Waals surface area contributed by atoms with Crippen molar-refractivity contribution in [1.29, 1.82) is 0 Å². The Balaban J connectivity index is 1.91. The molecular weight excluding hydrogens is 337 g/mol. The number of thiophene rings is 1. The Hall–Kier alpha value is -1.28. The Labute approximate surface area is 134 Å². The number of nitrogens with one attached hydrogen (secondary N) is 3. The number of H-pyrrole nitrogens is 1. The number of fused-ring (bicyclic) bond motifs is 1. The molecule has 0 bridgehead atoms. The molecule has 0 aliphatic carbocycles. The summed E-state index contributed by atoms with van der Waals surface area (Å²) in [4.78, 5) is 26.2. The molecule has 0 saturated carbocycles. The molecule has 0 aliphatic rings. The maximum atomic E-state index is 11.9. The molecule has 0 unspecified atom stereocenters. The number of hydrogen-bond acceptors (Lipinski definition) is 4. The fourth-order valence-corrected chi connectivity index (χ4v) is 3.15. The van der Waals surface area contributed by atoms with Crippen molar-refractivity contribution in [3.05, 3.63) is 21.1 Å². The molecule has 114 valence electrons. The predicted octanol–water partition coefficient (Wildman–Crippen LogP) is 1.76. The quantitative estimate of drug-likeness (QED) is 0.598. The van der Waals surface area contributed by atoms with Crippen LogP contribution in [-0.2, 0) is 4.79 Å². The maximum absolute atomic E-state index is 11.9. The van der Waals surface area contributed by atoms with E-state index in [-0.39, 0.29) is 19.1 Å². The van der Waals surface area contributed by atoms with Crippen molar-refractivity contribution >= 4 is 56.6 Å². The lowest BCUT2D eigenvalue weighted by atomic mass is 10.4. The van der Waals surface area contributed by atoms with E-state index in [1.807, 2.05) is 0 Å². The lowest BCUT2D eigenvalue weighted by Crippen LogP contribution is -2.37. The van der Waals surface area contributed by atoms with Gasteiger partial charge in [-0.25, -0.2) is 0 Å². The van der Waals surface area contributed by atoms with Crippen molar-refractivity contribution in [1.82, 2.24) is 15.6 Å². The molecule has 0 fully saturated rings. The Morgan fingerprint density at radius 2 is 2.10 bits per heavy atom. The van der Waals surface area contributed by atoms with Gasteiger partial charge in [0, 0.05) is 13.2 Å². The second-order valence-corrected chi connectivity index (χ2v) is 6.25. The Kier molecular flexibility index (Phi) is 5.46. The van der Waals surface area contributed by atoms with Crippen molar-refractivity contribution in [3.8, 4) is 0 Å². The zero-order valence-electron chi connectivity index (χ0n) is 10.8. The van der Waals surface area contributed by atoms with E-state index < -0.39 is 5.91 Å². The first-order valence-electron chi connectivity index (χ1n) is 6.15. The van der Waals surface area contributed by atoms with Gasteiger partial charge in [0.2, 0.25) is 5.91 Å². The molecule has 0 radical (unpaired) electrons. The Morgan fingerprint density at radius 1 is 1.33 bits per heavy atom. The Morgan fingerprint density at radius 3 is 2.76 bits per heavy atom. The van der Waals surface area contributed by atoms with Crippen molar-refractivity contribution in [3.63, 3.8) is 0 Å². The summed E-state index contributed by atoms with van der Waals surface area (Å²) in [5, 5.41) is 14.0. The van der Waals surface area contributed by atoms with E-state index in [0.29, 0.717) is 33.5 Å². The Bertz CT molecular complexity index is 668. The van der Waals surface area contributed by atoms with Gasteiger partial charge in [0.25, 0.3) is 5.91 Å². The summed E-state index contributed by atoms with van der Waals surface area (Å²) in [6.07, 6.45) is 0.478. The molecule has 0 aliphatic heterocycles. The van der Waals surface area contributed by atoms with Crippen LogP contribution in [-0.4, -0.2) is 41.6 Å². The summed E-state index contributed by atoms with van der Waals surface area (Å²) in [7, 11) is 0. The lowest BCUT2D eigenvalue weighted by Gasteiger charge is -2.05. The third-order valence-corrected chi connectivity index (χ3v) is 4.62. The average Bonchev–Trinajstić information content (AvgIpc) is 2.97. The smallest absolute Gasteiger partial charge is 0.268 e. The molecule has 2 aromatic rings. The topological polar surface area (TPSA) is 94.2 Å². The highest BCUT2D eigenvalue weighted by atomic mass is 35.5. The largest absolute Gasteiger partial charge is 0.396 e. The van der Waals surface area contributed by atoms with Gasteiger partial charge in [0.1, 0.15) is 10.0 Å². The summed E-state index contributed by atoms with van der Waals surface area (Å²) < 4.78 is 1.25. The van der Waals surface area contributed by atoms with Crippen LogP contribution >= 0.6 is 34.5 Å². The third kappa shape index (κ3) is 3.88. The van der Waals surface area contributed by atoms with Gasteiger partial charge in [-0.15, -0.1) is 11.3 Å². The second-order valence-electron chi connectivity index (χ2n) is 4.22. The van der Waals surface area contributed by atoms with Crippen LogP contribution in [0.1, 0.15) is 16.9 Å². The average molecular weight is 350 g/mol. The normalized spacial score (nSPS) is 10.8. The minimum Gasteiger partial charge on any atom is -0.396 e. The third-order valence-electron chi connectivity index (χ3n) is 2.68. The van der Waals surface area contributed by atoms with Gasteiger partial charge in [0.05, 0.1) is 21.8 Å². The minimum absolute atomic E-state index is 0.00910. The van der Waals surface area contributed by atoms with Crippen LogP contribution in [0.2, 0.25) is 9.36 Å². The molecule has 9 heteroatoms. The van der Waals surface area contributed by atoms with Crippen LogP contribution in [0.25, 0.3) is 10.2 Å². The van der Waals surface area contributed by atoms with Gasteiger partial charge >= 0.3 is 0 Å². The SMILES string of the molecule is O=C(CNC(=O)c1cc2sc(Cl)c(Cl)c2[nH]1)NCCCO. The summed E-state index contributed by atoms with van der Waals surface area (Å²) in [6, 6.07) is 1.64. The number of amides is 2. The molecular formula is C12H13Cl2N3O3S. The fourth-order valence-electron chi connectivity index (χ4n) is 1.67. The number of carbonyl (C=O) groups is 2. The first-order valence-corrected chi connectivity index (χ1v) is 7.72. The van der Waals surface area contributed by atoms with Gasteiger partial charge < -0.3 is 20.7 Å². The van der Waals surface area contributed by atoms with Gasteiger partial charge in [-0.05, 0) is 12.5 Å². The highest BCUT2D eigenvalue weighted by Crippen LogP contribution is 2.38. The molecule has 21 heavy (non-hydrogen) atoms. The molecule has 2 aromatic heterocycles. The predicted molar refractivity (Wildman–Crippen MR) is 83.2 cm³/mol. The van der Waals surface area contributed by atoms with Crippen molar-refractivity contribution in [2.24, 2.45) is 0 Å². The maximum Gasteiger partial charge on any atom is 0.268 e. The minimum atomic E-state index is -0.400. The van der Waals surface area contributed by atoms with Crippen LogP contribution in [0.4, 0.5) is 0 Å². The van der Waals surface area contributed by atoms with Crippen LogP contribution < -0.4 is 10.6 Å². The van der Waals surface area contributed by atoms with E-state index in [9.17, 15) is 9.59 Å². The van der Waals surface area contributed by atoms with E-state index >= 15 is 0 Å². The zero-order valence-corrected chi connectivity index (χ0v) is 13.2. The van der Waals surface area contributed by atoms with Crippen LogP contribution in [0, 0.1) is 0 Å². The zero-order chi connectivity index (χ0) is 15.4. The molecule has 4 N–H and O–H groups in total. The number of hydrogen-bond donors (Lipinski definition) is 4. The summed E-state index contributed by atoms with van der Waals surface area (Å²) in [6.45, 7) is 0.248. The van der Waals surface area contributed by atoms with Crippen molar-refractivity contribution in [2.75, 3.05) is 19.7 Å². The van der Waals surface area contributed by atoms with Crippen LogP contribution in [0.15, 0.2) is 6.07 Å². The number of aliphatic hydroxyl groups excluding tert-OH is 1. The standard InChI is InChI=1S/C12H13Cl2N3O3S/c13-9-10-7(21-11(9)14)4-6(17-10)12(20)16-5-8(19)15-2-1-3-18/h4,17-18H,1-3,5H2,(H,15,19)(H,16,20). The summed E-state index contributed by atoms with van der Waals surface area (Å²) >= 11 is 13.1. The van der Waals surface area contributed by atoms with E-state index in [4.69, 9.17) is 28.3 Å². The van der Waals surface area contributed by atoms with Crippen LogP contribution in [0.5, 0.6) is 0 Å². The monoisotopic (exact) mass is 349 g/mol. The number of carbonyl (C=O) groups excluding carboxylic acids is 2. The van der Waals surface area contributed by atoms with Gasteiger partial charge in [-0.3, -0.25) is 9.59 Å². The van der Waals surface area contributed by atoms with E-state index in [0.717, 1.165) is 4.70 Å². The summed E-state index contributed by atoms with van der Waals surface area (Å²) in [5.74, 6) is -0.714. The fraction of sp³-hybridized carbons (Fsp3) is 0.333. The van der Waals surface area contributed by atoms with Crippen molar-refractivity contribution in [2.45, 2.75) is 6.42 Å². The van der Waals surface area contributed by atoms with Gasteiger partial charge in [0.15, 0.2) is 0 Å². The molecule has 0 aromatic carbocycles. The van der Waals surface area contributed by atoms with Gasteiger partial charge in [-0.2, -0.15) is 0 Å². The highest BCUT2D eigenvalue weighted by Gasteiger charge is 2.16. The second kappa shape index (κ2) is 7.13. The molecule has 0 atom stereocenters.